The number of imidazole rings is 1. The SMILES string of the molecule is c1ccc(-c2nc3ccc(-c4cccc5ccccc45)cc3[nH]2)cc1. The van der Waals surface area contributed by atoms with Crippen LogP contribution in [0, 0.1) is 0 Å². The number of nitrogens with zero attached hydrogens (tertiary/aromatic N) is 1. The zero-order valence-corrected chi connectivity index (χ0v) is 13.6. The second-order valence-corrected chi connectivity index (χ2v) is 6.21. The van der Waals surface area contributed by atoms with E-state index in [4.69, 9.17) is 4.98 Å². The predicted molar refractivity (Wildman–Crippen MR) is 104 cm³/mol. The van der Waals surface area contributed by atoms with Crippen LogP contribution in [0.4, 0.5) is 0 Å². The second-order valence-electron chi connectivity index (χ2n) is 6.21. The highest BCUT2D eigenvalue weighted by molar-refractivity contribution is 5.98. The largest absolute Gasteiger partial charge is 0.338 e. The number of hydrogen-bond acceptors (Lipinski definition) is 1. The summed E-state index contributed by atoms with van der Waals surface area (Å²) in [6.07, 6.45) is 0. The van der Waals surface area contributed by atoms with Gasteiger partial charge in [0.05, 0.1) is 11.0 Å². The monoisotopic (exact) mass is 320 g/mol. The molecule has 0 saturated carbocycles. The Morgan fingerprint density at radius 3 is 2.36 bits per heavy atom. The van der Waals surface area contributed by atoms with Crippen molar-refractivity contribution in [2.24, 2.45) is 0 Å². The minimum atomic E-state index is 0.908. The molecule has 0 aliphatic rings. The summed E-state index contributed by atoms with van der Waals surface area (Å²) in [4.78, 5) is 8.18. The van der Waals surface area contributed by atoms with Crippen LogP contribution in [-0.4, -0.2) is 9.97 Å². The van der Waals surface area contributed by atoms with Gasteiger partial charge in [0.2, 0.25) is 0 Å². The van der Waals surface area contributed by atoms with Gasteiger partial charge in [-0.1, -0.05) is 78.9 Å². The Labute approximate surface area is 145 Å². The van der Waals surface area contributed by atoms with Crippen molar-refractivity contribution in [2.45, 2.75) is 0 Å². The quantitative estimate of drug-likeness (QED) is 0.421. The molecule has 2 nitrogen and oxygen atoms in total. The van der Waals surface area contributed by atoms with E-state index in [1.54, 1.807) is 0 Å². The van der Waals surface area contributed by atoms with Crippen LogP contribution in [0.5, 0.6) is 0 Å². The first-order valence-corrected chi connectivity index (χ1v) is 8.42. The van der Waals surface area contributed by atoms with E-state index >= 15 is 0 Å². The number of H-pyrrole nitrogens is 1. The molecule has 0 amide bonds. The van der Waals surface area contributed by atoms with Crippen molar-refractivity contribution in [3.8, 4) is 22.5 Å². The molecule has 0 fully saturated rings. The molecule has 5 rings (SSSR count). The van der Waals surface area contributed by atoms with Crippen molar-refractivity contribution < 1.29 is 0 Å². The smallest absolute Gasteiger partial charge is 0.138 e. The van der Waals surface area contributed by atoms with Gasteiger partial charge in [-0.3, -0.25) is 0 Å². The molecule has 0 bridgehead atoms. The van der Waals surface area contributed by atoms with E-state index in [9.17, 15) is 0 Å². The van der Waals surface area contributed by atoms with Gasteiger partial charge in [-0.2, -0.15) is 0 Å². The Morgan fingerprint density at radius 1 is 0.640 bits per heavy atom. The van der Waals surface area contributed by atoms with E-state index in [-0.39, 0.29) is 0 Å². The summed E-state index contributed by atoms with van der Waals surface area (Å²) in [5.41, 5.74) is 5.60. The number of rotatable bonds is 2. The van der Waals surface area contributed by atoms with Crippen molar-refractivity contribution in [1.29, 1.82) is 0 Å². The van der Waals surface area contributed by atoms with E-state index in [0.717, 1.165) is 22.4 Å². The first-order chi connectivity index (χ1) is 12.4. The number of nitrogens with one attached hydrogen (secondary N) is 1. The van der Waals surface area contributed by atoms with Crippen molar-refractivity contribution in [2.75, 3.05) is 0 Å². The summed E-state index contributed by atoms with van der Waals surface area (Å²) >= 11 is 0. The summed E-state index contributed by atoms with van der Waals surface area (Å²) in [5.74, 6) is 0.908. The van der Waals surface area contributed by atoms with Gasteiger partial charge in [0.15, 0.2) is 0 Å². The van der Waals surface area contributed by atoms with Crippen LogP contribution >= 0.6 is 0 Å². The predicted octanol–water partition coefficient (Wildman–Crippen LogP) is 6.05. The lowest BCUT2D eigenvalue weighted by atomic mass is 9.98. The third-order valence-electron chi connectivity index (χ3n) is 4.63. The molecule has 4 aromatic carbocycles. The Morgan fingerprint density at radius 2 is 1.44 bits per heavy atom. The molecule has 0 saturated heterocycles. The molecule has 0 radical (unpaired) electrons. The molecule has 5 aromatic rings. The van der Waals surface area contributed by atoms with Gasteiger partial charge in [-0.05, 0) is 34.0 Å². The van der Waals surface area contributed by atoms with Crippen LogP contribution < -0.4 is 0 Å². The number of hydrogen-bond donors (Lipinski definition) is 1. The zero-order chi connectivity index (χ0) is 16.6. The topological polar surface area (TPSA) is 28.7 Å². The van der Waals surface area contributed by atoms with Crippen LogP contribution in [0.3, 0.4) is 0 Å². The van der Waals surface area contributed by atoms with Gasteiger partial charge in [0.1, 0.15) is 5.82 Å². The Kier molecular flexibility index (Phi) is 3.14. The number of fused-ring (bicyclic) bond motifs is 2. The maximum atomic E-state index is 4.72. The van der Waals surface area contributed by atoms with E-state index < -0.39 is 0 Å². The highest BCUT2D eigenvalue weighted by atomic mass is 14.9. The van der Waals surface area contributed by atoms with Gasteiger partial charge in [0.25, 0.3) is 0 Å². The summed E-state index contributed by atoms with van der Waals surface area (Å²) < 4.78 is 0. The van der Waals surface area contributed by atoms with Gasteiger partial charge in [-0.15, -0.1) is 0 Å². The average Bonchev–Trinajstić information content (AvgIpc) is 3.11. The van der Waals surface area contributed by atoms with Crippen LogP contribution in [0.1, 0.15) is 0 Å². The molecule has 0 unspecified atom stereocenters. The summed E-state index contributed by atoms with van der Waals surface area (Å²) in [6, 6.07) is 31.6. The molecular formula is C23H16N2. The molecule has 1 aromatic heterocycles. The first kappa shape index (κ1) is 14.0. The normalized spacial score (nSPS) is 11.2. The minimum Gasteiger partial charge on any atom is -0.338 e. The standard InChI is InChI=1S/C23H16N2/c1-2-8-17(9-3-1)23-24-21-14-13-18(15-22(21)25-23)20-12-6-10-16-7-4-5-11-19(16)20/h1-15H,(H,24,25). The number of aromatic amines is 1. The number of benzene rings is 4. The molecule has 1 heterocycles. The Balaban J connectivity index is 1.68. The maximum Gasteiger partial charge on any atom is 0.138 e. The maximum absolute atomic E-state index is 4.72. The number of aromatic nitrogens is 2. The van der Waals surface area contributed by atoms with E-state index in [2.05, 4.69) is 77.8 Å². The molecule has 118 valence electrons. The Hall–Kier alpha value is -3.39. The van der Waals surface area contributed by atoms with Gasteiger partial charge < -0.3 is 4.98 Å². The van der Waals surface area contributed by atoms with Crippen LogP contribution in [0.15, 0.2) is 91.0 Å². The van der Waals surface area contributed by atoms with Crippen molar-refractivity contribution in [3.63, 3.8) is 0 Å². The third-order valence-corrected chi connectivity index (χ3v) is 4.63. The molecule has 0 spiro atoms. The fourth-order valence-electron chi connectivity index (χ4n) is 3.39. The highest BCUT2D eigenvalue weighted by Gasteiger charge is 2.08. The van der Waals surface area contributed by atoms with Crippen LogP contribution in [-0.2, 0) is 0 Å². The third kappa shape index (κ3) is 2.39. The molecule has 1 N–H and O–H groups in total. The molecule has 0 aliphatic heterocycles. The van der Waals surface area contributed by atoms with Gasteiger partial charge in [0, 0.05) is 5.56 Å². The van der Waals surface area contributed by atoms with Crippen molar-refractivity contribution in [1.82, 2.24) is 9.97 Å². The van der Waals surface area contributed by atoms with Gasteiger partial charge in [-0.25, -0.2) is 4.98 Å². The van der Waals surface area contributed by atoms with Crippen LogP contribution in [0.25, 0.3) is 44.3 Å². The Bertz CT molecular complexity index is 1180. The summed E-state index contributed by atoms with van der Waals surface area (Å²) in [7, 11) is 0. The van der Waals surface area contributed by atoms with Crippen molar-refractivity contribution >= 4 is 21.8 Å². The van der Waals surface area contributed by atoms with Crippen molar-refractivity contribution in [3.05, 3.63) is 91.0 Å². The van der Waals surface area contributed by atoms with E-state index in [1.165, 1.54) is 21.9 Å². The highest BCUT2D eigenvalue weighted by Crippen LogP contribution is 2.31. The fraction of sp³-hybridized carbons (Fsp3) is 0. The first-order valence-electron chi connectivity index (χ1n) is 8.42. The minimum absolute atomic E-state index is 0.908. The lowest BCUT2D eigenvalue weighted by Crippen LogP contribution is -1.81. The van der Waals surface area contributed by atoms with E-state index in [1.807, 2.05) is 18.2 Å². The lowest BCUT2D eigenvalue weighted by Gasteiger charge is -2.06. The van der Waals surface area contributed by atoms with Gasteiger partial charge >= 0.3 is 0 Å². The summed E-state index contributed by atoms with van der Waals surface area (Å²) in [6.45, 7) is 0. The molecule has 0 atom stereocenters. The molecule has 0 aliphatic carbocycles. The zero-order valence-electron chi connectivity index (χ0n) is 13.6. The molecular weight excluding hydrogens is 304 g/mol. The summed E-state index contributed by atoms with van der Waals surface area (Å²) in [5, 5.41) is 2.53. The average molecular weight is 320 g/mol. The fourth-order valence-corrected chi connectivity index (χ4v) is 3.39. The lowest BCUT2D eigenvalue weighted by molar-refractivity contribution is 1.34. The molecule has 25 heavy (non-hydrogen) atoms. The molecule has 2 heteroatoms. The second kappa shape index (κ2) is 5.60. The van der Waals surface area contributed by atoms with E-state index in [0.29, 0.717) is 0 Å². The van der Waals surface area contributed by atoms with Crippen LogP contribution in [0.2, 0.25) is 0 Å².